The maximum atomic E-state index is 12.9. The molecule has 1 aliphatic heterocycles. The minimum absolute atomic E-state index is 0.0443. The van der Waals surface area contributed by atoms with Gasteiger partial charge >= 0.3 is 0 Å². The standard InChI is InChI=1S/C23H16N4O5S/c28-19(25-23-24-17-10-9-14(27(31)32)12-18(17)33-23)8-3-11-26-21(29)15-6-1-4-13-5-2-7-16(20(13)15)22(26)30/h1-2,4-7,9-10,12H,3,8,11H2,(H,24,25,28). The number of hydrogen-bond donors (Lipinski definition) is 1. The van der Waals surface area contributed by atoms with E-state index < -0.39 is 4.92 Å². The Balaban J connectivity index is 1.24. The van der Waals surface area contributed by atoms with Crippen LogP contribution in [0.3, 0.4) is 0 Å². The number of imide groups is 1. The van der Waals surface area contributed by atoms with Crippen LogP contribution in [-0.4, -0.2) is 39.1 Å². The highest BCUT2D eigenvalue weighted by atomic mass is 32.1. The summed E-state index contributed by atoms with van der Waals surface area (Å²) in [6, 6.07) is 15.0. The molecule has 0 saturated heterocycles. The number of thiazole rings is 1. The zero-order chi connectivity index (χ0) is 23.1. The molecule has 5 rings (SSSR count). The highest BCUT2D eigenvalue weighted by Gasteiger charge is 2.32. The molecular formula is C23H16N4O5S. The molecule has 0 unspecified atom stereocenters. The van der Waals surface area contributed by atoms with Gasteiger partial charge < -0.3 is 5.32 Å². The molecule has 0 aliphatic carbocycles. The van der Waals surface area contributed by atoms with E-state index in [0.29, 0.717) is 31.9 Å². The van der Waals surface area contributed by atoms with Crippen molar-refractivity contribution in [1.29, 1.82) is 0 Å². The Labute approximate surface area is 190 Å². The number of nitrogens with zero attached hydrogens (tertiary/aromatic N) is 3. The molecule has 0 atom stereocenters. The van der Waals surface area contributed by atoms with Gasteiger partial charge in [-0.3, -0.25) is 29.4 Å². The maximum absolute atomic E-state index is 12.9. The van der Waals surface area contributed by atoms with E-state index in [9.17, 15) is 24.5 Å². The lowest BCUT2D eigenvalue weighted by molar-refractivity contribution is -0.384. The number of rotatable bonds is 6. The molecule has 33 heavy (non-hydrogen) atoms. The fraction of sp³-hybridized carbons (Fsp3) is 0.130. The predicted octanol–water partition coefficient (Wildman–Crippen LogP) is 4.37. The summed E-state index contributed by atoms with van der Waals surface area (Å²) in [7, 11) is 0. The van der Waals surface area contributed by atoms with Crippen molar-refractivity contribution in [1.82, 2.24) is 9.88 Å². The number of benzene rings is 3. The molecule has 1 aromatic heterocycles. The molecule has 2 heterocycles. The zero-order valence-corrected chi connectivity index (χ0v) is 17.9. The number of aromatic nitrogens is 1. The summed E-state index contributed by atoms with van der Waals surface area (Å²) in [5, 5.41) is 15.4. The molecule has 4 aromatic rings. The quantitative estimate of drug-likeness (QED) is 0.259. The summed E-state index contributed by atoms with van der Waals surface area (Å²) in [6.07, 6.45) is 0.372. The molecule has 0 spiro atoms. The van der Waals surface area contributed by atoms with Crippen molar-refractivity contribution in [3.05, 3.63) is 75.8 Å². The van der Waals surface area contributed by atoms with Crippen molar-refractivity contribution < 1.29 is 19.3 Å². The van der Waals surface area contributed by atoms with Crippen molar-refractivity contribution >= 4 is 60.9 Å². The van der Waals surface area contributed by atoms with Crippen LogP contribution in [0.25, 0.3) is 21.0 Å². The number of nitro benzene ring substituents is 1. The molecule has 3 amide bonds. The van der Waals surface area contributed by atoms with E-state index in [2.05, 4.69) is 10.3 Å². The van der Waals surface area contributed by atoms with Crippen LogP contribution in [0.1, 0.15) is 33.6 Å². The topological polar surface area (TPSA) is 123 Å². The Morgan fingerprint density at radius 1 is 1.06 bits per heavy atom. The SMILES string of the molecule is O=C(CCCN1C(=O)c2cccc3cccc(c23)C1=O)Nc1nc2ccc([N+](=O)[O-])cc2s1. The largest absolute Gasteiger partial charge is 0.302 e. The third-order valence-corrected chi connectivity index (χ3v) is 6.40. The Kier molecular flexibility index (Phi) is 5.06. The number of non-ortho nitro benzene ring substituents is 1. The third-order valence-electron chi connectivity index (χ3n) is 5.47. The number of carbonyl (C=O) groups excluding carboxylic acids is 3. The second-order valence-corrected chi connectivity index (χ2v) is 8.58. The molecule has 1 N–H and O–H groups in total. The number of anilines is 1. The van der Waals surface area contributed by atoms with E-state index in [-0.39, 0.29) is 42.8 Å². The lowest BCUT2D eigenvalue weighted by Gasteiger charge is -2.27. The molecule has 0 bridgehead atoms. The first kappa shape index (κ1) is 20.7. The van der Waals surface area contributed by atoms with Gasteiger partial charge in [-0.25, -0.2) is 4.98 Å². The lowest BCUT2D eigenvalue weighted by atomic mass is 9.94. The summed E-state index contributed by atoms with van der Waals surface area (Å²) < 4.78 is 0.594. The Hall–Kier alpha value is -4.18. The maximum Gasteiger partial charge on any atom is 0.270 e. The van der Waals surface area contributed by atoms with Gasteiger partial charge in [0.05, 0.1) is 15.1 Å². The predicted molar refractivity (Wildman–Crippen MR) is 123 cm³/mol. The monoisotopic (exact) mass is 460 g/mol. The molecule has 1 aliphatic rings. The minimum atomic E-state index is -0.487. The molecule has 0 fully saturated rings. The molecule has 0 radical (unpaired) electrons. The van der Waals surface area contributed by atoms with Crippen LogP contribution in [-0.2, 0) is 4.79 Å². The summed E-state index contributed by atoms with van der Waals surface area (Å²) in [5.41, 5.74) is 1.47. The number of nitro groups is 1. The molecule has 9 nitrogen and oxygen atoms in total. The number of carbonyl (C=O) groups is 3. The van der Waals surface area contributed by atoms with Crippen LogP contribution in [0.4, 0.5) is 10.8 Å². The van der Waals surface area contributed by atoms with Crippen LogP contribution in [0, 0.1) is 10.1 Å². The average Bonchev–Trinajstić information content (AvgIpc) is 3.20. The van der Waals surface area contributed by atoms with E-state index in [4.69, 9.17) is 0 Å². The first-order valence-corrected chi connectivity index (χ1v) is 11.0. The van der Waals surface area contributed by atoms with Gasteiger partial charge in [0.1, 0.15) is 0 Å². The van der Waals surface area contributed by atoms with Crippen molar-refractivity contribution in [3.63, 3.8) is 0 Å². The first-order chi connectivity index (χ1) is 15.9. The van der Waals surface area contributed by atoms with E-state index in [1.807, 2.05) is 12.1 Å². The van der Waals surface area contributed by atoms with Gasteiger partial charge in [-0.15, -0.1) is 0 Å². The number of amides is 3. The van der Waals surface area contributed by atoms with Gasteiger partial charge in [0.25, 0.3) is 17.5 Å². The number of hydrogen-bond acceptors (Lipinski definition) is 7. The fourth-order valence-electron chi connectivity index (χ4n) is 3.94. The van der Waals surface area contributed by atoms with E-state index in [1.165, 1.54) is 23.1 Å². The van der Waals surface area contributed by atoms with Crippen LogP contribution in [0.15, 0.2) is 54.6 Å². The summed E-state index contributed by atoms with van der Waals surface area (Å²) in [5.74, 6) is -1.04. The second kappa shape index (κ2) is 8.06. The third kappa shape index (κ3) is 3.70. The minimum Gasteiger partial charge on any atom is -0.302 e. The average molecular weight is 460 g/mol. The van der Waals surface area contributed by atoms with E-state index in [0.717, 1.165) is 16.7 Å². The highest BCUT2D eigenvalue weighted by Crippen LogP contribution is 2.31. The number of nitrogens with one attached hydrogen (secondary N) is 1. The van der Waals surface area contributed by atoms with Crippen molar-refractivity contribution in [2.45, 2.75) is 12.8 Å². The molecule has 3 aromatic carbocycles. The zero-order valence-electron chi connectivity index (χ0n) is 17.1. The van der Waals surface area contributed by atoms with Gasteiger partial charge in [0, 0.05) is 41.6 Å². The van der Waals surface area contributed by atoms with Crippen LogP contribution in [0.2, 0.25) is 0 Å². The summed E-state index contributed by atoms with van der Waals surface area (Å²) in [4.78, 5) is 54.1. The first-order valence-electron chi connectivity index (χ1n) is 10.1. The molecular weight excluding hydrogens is 444 g/mol. The smallest absolute Gasteiger partial charge is 0.270 e. The van der Waals surface area contributed by atoms with Gasteiger partial charge in [-0.2, -0.15) is 0 Å². The molecule has 0 saturated carbocycles. The van der Waals surface area contributed by atoms with Crippen LogP contribution >= 0.6 is 11.3 Å². The highest BCUT2D eigenvalue weighted by molar-refractivity contribution is 7.22. The van der Waals surface area contributed by atoms with Gasteiger partial charge in [-0.05, 0) is 30.0 Å². The normalized spacial score (nSPS) is 13.0. The van der Waals surface area contributed by atoms with Gasteiger partial charge in [0.2, 0.25) is 5.91 Å². The Bertz CT molecular complexity index is 1430. The van der Waals surface area contributed by atoms with E-state index in [1.54, 1.807) is 24.3 Å². The second-order valence-electron chi connectivity index (χ2n) is 7.55. The molecule has 10 heteroatoms. The summed E-state index contributed by atoms with van der Waals surface area (Å²) in [6.45, 7) is 0.113. The van der Waals surface area contributed by atoms with Crippen molar-refractivity contribution in [2.75, 3.05) is 11.9 Å². The van der Waals surface area contributed by atoms with Crippen molar-refractivity contribution in [3.8, 4) is 0 Å². The van der Waals surface area contributed by atoms with Gasteiger partial charge in [0.15, 0.2) is 5.13 Å². The van der Waals surface area contributed by atoms with Crippen LogP contribution < -0.4 is 5.32 Å². The summed E-state index contributed by atoms with van der Waals surface area (Å²) >= 11 is 1.14. The van der Waals surface area contributed by atoms with Crippen molar-refractivity contribution in [2.24, 2.45) is 0 Å². The fourth-order valence-corrected chi connectivity index (χ4v) is 4.86. The number of fused-ring (bicyclic) bond motifs is 1. The Morgan fingerprint density at radius 2 is 1.76 bits per heavy atom. The lowest BCUT2D eigenvalue weighted by Crippen LogP contribution is -2.41. The van der Waals surface area contributed by atoms with Crippen LogP contribution in [0.5, 0.6) is 0 Å². The van der Waals surface area contributed by atoms with E-state index >= 15 is 0 Å². The Morgan fingerprint density at radius 3 is 2.42 bits per heavy atom. The molecule has 164 valence electrons. The van der Waals surface area contributed by atoms with Gasteiger partial charge in [-0.1, -0.05) is 35.6 Å².